The Morgan fingerprint density at radius 1 is 1.33 bits per heavy atom. The van der Waals surface area contributed by atoms with E-state index in [1.165, 1.54) is 18.4 Å². The highest BCUT2D eigenvalue weighted by Gasteiger charge is 2.40. The molecule has 0 unspecified atom stereocenters. The van der Waals surface area contributed by atoms with Gasteiger partial charge in [0.15, 0.2) is 0 Å². The van der Waals surface area contributed by atoms with E-state index in [0.29, 0.717) is 18.4 Å². The fourth-order valence-electron chi connectivity index (χ4n) is 2.82. The summed E-state index contributed by atoms with van der Waals surface area (Å²) in [6.45, 7) is 7.09. The Balaban J connectivity index is 1.54. The summed E-state index contributed by atoms with van der Waals surface area (Å²) in [6, 6.07) is 6.24. The molecular formula is C19H26BrNO3. The summed E-state index contributed by atoms with van der Waals surface area (Å²) in [5.74, 6) is 2.64. The molecule has 24 heavy (non-hydrogen) atoms. The number of hydrogen-bond acceptors (Lipinski definition) is 3. The monoisotopic (exact) mass is 395 g/mol. The summed E-state index contributed by atoms with van der Waals surface area (Å²) in [6.07, 6.45) is 3.31. The van der Waals surface area contributed by atoms with Crippen LogP contribution in [0.2, 0.25) is 0 Å². The number of carbonyl (C=O) groups is 1. The number of ether oxygens (including phenoxy) is 2. The smallest absolute Gasteiger partial charge is 0.407 e. The van der Waals surface area contributed by atoms with Crippen LogP contribution in [0.3, 0.4) is 0 Å². The lowest BCUT2D eigenvalue weighted by molar-refractivity contribution is 0.0525. The van der Waals surface area contributed by atoms with Crippen LogP contribution in [0.25, 0.3) is 0 Å². The molecule has 2 saturated carbocycles. The molecule has 1 amide bonds. The molecule has 0 aliphatic heterocycles. The summed E-state index contributed by atoms with van der Waals surface area (Å²) >= 11 is 3.55. The number of hydrogen-bond donors (Lipinski definition) is 1. The Morgan fingerprint density at radius 2 is 2.08 bits per heavy atom. The van der Waals surface area contributed by atoms with Crippen molar-refractivity contribution in [1.82, 2.24) is 5.32 Å². The predicted molar refractivity (Wildman–Crippen MR) is 97.4 cm³/mol. The normalized spacial score (nSPS) is 22.8. The van der Waals surface area contributed by atoms with Crippen molar-refractivity contribution >= 4 is 22.0 Å². The second-order valence-corrected chi connectivity index (χ2v) is 8.84. The van der Waals surface area contributed by atoms with Gasteiger partial charge < -0.3 is 14.8 Å². The Morgan fingerprint density at radius 3 is 2.75 bits per heavy atom. The van der Waals surface area contributed by atoms with Crippen LogP contribution in [0.1, 0.15) is 51.5 Å². The zero-order valence-corrected chi connectivity index (χ0v) is 16.2. The SMILES string of the molecule is CC(C)(C)OC(=O)NC[C@H]1C[C@@H]1c1cc(Br)ccc1OCC1CC1. The standard InChI is InChI=1S/C19H26BrNO3/c1-19(2,3)24-18(22)21-10-13-8-15(13)16-9-14(20)6-7-17(16)23-11-12-4-5-12/h6-7,9,12-13,15H,4-5,8,10-11H2,1-3H3,(H,21,22)/t13-,15+/m1/s1. The van der Waals surface area contributed by atoms with Gasteiger partial charge in [0.2, 0.25) is 0 Å². The average molecular weight is 396 g/mol. The van der Waals surface area contributed by atoms with Crippen molar-refractivity contribution in [3.05, 3.63) is 28.2 Å². The van der Waals surface area contributed by atoms with E-state index in [1.807, 2.05) is 26.8 Å². The molecule has 132 valence electrons. The molecule has 1 aromatic rings. The molecule has 1 N–H and O–H groups in total. The molecule has 2 atom stereocenters. The molecule has 0 aromatic heterocycles. The number of alkyl carbamates (subject to hydrolysis) is 1. The molecule has 0 bridgehead atoms. The van der Waals surface area contributed by atoms with E-state index in [4.69, 9.17) is 9.47 Å². The van der Waals surface area contributed by atoms with Gasteiger partial charge in [0.25, 0.3) is 0 Å². The zero-order valence-electron chi connectivity index (χ0n) is 14.6. The number of benzene rings is 1. The summed E-state index contributed by atoms with van der Waals surface area (Å²) in [5, 5.41) is 2.88. The van der Waals surface area contributed by atoms with Crippen LogP contribution in [0.5, 0.6) is 5.75 Å². The van der Waals surface area contributed by atoms with E-state index in [2.05, 4.69) is 33.4 Å². The Labute approximate surface area is 152 Å². The first kappa shape index (κ1) is 17.6. The highest BCUT2D eigenvalue weighted by atomic mass is 79.9. The van der Waals surface area contributed by atoms with E-state index in [1.54, 1.807) is 0 Å². The largest absolute Gasteiger partial charge is 0.493 e. The van der Waals surface area contributed by atoms with Gasteiger partial charge in [-0.2, -0.15) is 0 Å². The topological polar surface area (TPSA) is 47.6 Å². The third kappa shape index (κ3) is 5.13. The predicted octanol–water partition coefficient (Wildman–Crippen LogP) is 4.87. The van der Waals surface area contributed by atoms with Crippen molar-refractivity contribution < 1.29 is 14.3 Å². The van der Waals surface area contributed by atoms with Gasteiger partial charge in [0.1, 0.15) is 11.4 Å². The summed E-state index contributed by atoms with van der Waals surface area (Å²) in [7, 11) is 0. The summed E-state index contributed by atoms with van der Waals surface area (Å²) in [5.41, 5.74) is 0.794. The summed E-state index contributed by atoms with van der Waals surface area (Å²) in [4.78, 5) is 11.8. The first-order valence-corrected chi connectivity index (χ1v) is 9.50. The van der Waals surface area contributed by atoms with Gasteiger partial charge in [-0.1, -0.05) is 15.9 Å². The second-order valence-electron chi connectivity index (χ2n) is 7.92. The van der Waals surface area contributed by atoms with Crippen molar-refractivity contribution in [2.24, 2.45) is 11.8 Å². The maximum Gasteiger partial charge on any atom is 0.407 e. The molecule has 2 aliphatic rings. The highest BCUT2D eigenvalue weighted by molar-refractivity contribution is 9.10. The van der Waals surface area contributed by atoms with Crippen molar-refractivity contribution in [2.45, 2.75) is 51.6 Å². The third-order valence-corrected chi connectivity index (χ3v) is 4.87. The number of carbonyl (C=O) groups excluding carboxylic acids is 1. The summed E-state index contributed by atoms with van der Waals surface area (Å²) < 4.78 is 12.4. The third-order valence-electron chi connectivity index (χ3n) is 4.37. The lowest BCUT2D eigenvalue weighted by atomic mass is 10.1. The van der Waals surface area contributed by atoms with Gasteiger partial charge in [-0.3, -0.25) is 0 Å². The molecule has 3 rings (SSSR count). The fraction of sp³-hybridized carbons (Fsp3) is 0.632. The number of amides is 1. The minimum Gasteiger partial charge on any atom is -0.493 e. The van der Waals surface area contributed by atoms with Crippen LogP contribution in [0, 0.1) is 11.8 Å². The van der Waals surface area contributed by atoms with Gasteiger partial charge in [-0.05, 0) is 81.5 Å². The van der Waals surface area contributed by atoms with Gasteiger partial charge in [-0.25, -0.2) is 4.79 Å². The zero-order chi connectivity index (χ0) is 17.3. The quantitative estimate of drug-likeness (QED) is 0.747. The fourth-order valence-corrected chi connectivity index (χ4v) is 3.19. The highest BCUT2D eigenvalue weighted by Crippen LogP contribution is 2.50. The maximum atomic E-state index is 11.8. The number of halogens is 1. The number of nitrogens with one attached hydrogen (secondary N) is 1. The van der Waals surface area contributed by atoms with Crippen molar-refractivity contribution in [2.75, 3.05) is 13.2 Å². The van der Waals surface area contributed by atoms with Gasteiger partial charge >= 0.3 is 6.09 Å². The van der Waals surface area contributed by atoms with Crippen LogP contribution in [0.4, 0.5) is 4.79 Å². The van der Waals surface area contributed by atoms with Crippen LogP contribution in [0.15, 0.2) is 22.7 Å². The molecule has 4 nitrogen and oxygen atoms in total. The van der Waals surface area contributed by atoms with Gasteiger partial charge in [-0.15, -0.1) is 0 Å². The van der Waals surface area contributed by atoms with Crippen molar-refractivity contribution in [3.8, 4) is 5.75 Å². The molecular weight excluding hydrogens is 370 g/mol. The molecule has 0 heterocycles. The Kier molecular flexibility index (Phi) is 5.09. The van der Waals surface area contributed by atoms with E-state index in [0.717, 1.165) is 29.2 Å². The number of rotatable bonds is 6. The van der Waals surface area contributed by atoms with Crippen molar-refractivity contribution in [3.63, 3.8) is 0 Å². The van der Waals surface area contributed by atoms with E-state index < -0.39 is 5.60 Å². The van der Waals surface area contributed by atoms with Crippen molar-refractivity contribution in [1.29, 1.82) is 0 Å². The van der Waals surface area contributed by atoms with E-state index in [-0.39, 0.29) is 6.09 Å². The lowest BCUT2D eigenvalue weighted by Crippen LogP contribution is -2.33. The van der Waals surface area contributed by atoms with Crippen LogP contribution >= 0.6 is 15.9 Å². The first-order valence-electron chi connectivity index (χ1n) is 8.71. The van der Waals surface area contributed by atoms with E-state index >= 15 is 0 Å². The molecule has 1 aromatic carbocycles. The minimum absolute atomic E-state index is 0.340. The molecule has 5 heteroatoms. The second kappa shape index (κ2) is 6.95. The Bertz CT molecular complexity index is 607. The van der Waals surface area contributed by atoms with E-state index in [9.17, 15) is 4.79 Å². The molecule has 2 aliphatic carbocycles. The Hall–Kier alpha value is -1.23. The molecule has 2 fully saturated rings. The lowest BCUT2D eigenvalue weighted by Gasteiger charge is -2.19. The average Bonchev–Trinajstić information content (AvgIpc) is 3.36. The van der Waals surface area contributed by atoms with Gasteiger partial charge in [0, 0.05) is 11.0 Å². The minimum atomic E-state index is -0.457. The van der Waals surface area contributed by atoms with Gasteiger partial charge in [0.05, 0.1) is 6.61 Å². The molecule has 0 saturated heterocycles. The van der Waals surface area contributed by atoms with Crippen LogP contribution < -0.4 is 10.1 Å². The first-order chi connectivity index (χ1) is 11.3. The molecule has 0 spiro atoms. The van der Waals surface area contributed by atoms with Crippen LogP contribution in [-0.2, 0) is 4.74 Å². The molecule has 0 radical (unpaired) electrons. The maximum absolute atomic E-state index is 11.8. The van der Waals surface area contributed by atoms with Crippen LogP contribution in [-0.4, -0.2) is 24.8 Å².